The quantitative estimate of drug-likeness (QED) is 0.486. The Bertz CT molecular complexity index is 995. The van der Waals surface area contributed by atoms with Gasteiger partial charge in [0.1, 0.15) is 5.82 Å². The number of alkyl halides is 3. The summed E-state index contributed by atoms with van der Waals surface area (Å²) >= 11 is 3.32. The molecule has 2 heterocycles. The molecule has 0 radical (unpaired) electrons. The molecule has 2 unspecified atom stereocenters. The highest BCUT2D eigenvalue weighted by atomic mass is 79.9. The van der Waals surface area contributed by atoms with Crippen LogP contribution in [0.2, 0.25) is 0 Å². The number of halogens is 5. The predicted octanol–water partition coefficient (Wildman–Crippen LogP) is 5.97. The summed E-state index contributed by atoms with van der Waals surface area (Å²) < 4.78 is 55.2. The first-order valence-corrected chi connectivity index (χ1v) is 9.41. The highest BCUT2D eigenvalue weighted by Gasteiger charge is 2.42. The van der Waals surface area contributed by atoms with E-state index in [0.717, 1.165) is 16.5 Å². The van der Waals surface area contributed by atoms with Crippen molar-refractivity contribution in [3.05, 3.63) is 69.6 Å². The minimum absolute atomic E-state index is 0.230. The molecule has 0 amide bonds. The molecule has 142 valence electrons. The fourth-order valence-electron chi connectivity index (χ4n) is 4.02. The average Bonchev–Trinajstić information content (AvgIpc) is 2.95. The maximum absolute atomic E-state index is 14.7. The Balaban J connectivity index is 1.95. The Morgan fingerprint density at radius 3 is 2.67 bits per heavy atom. The van der Waals surface area contributed by atoms with E-state index in [2.05, 4.69) is 20.9 Å². The van der Waals surface area contributed by atoms with Gasteiger partial charge in [0.05, 0.1) is 12.6 Å². The molecule has 0 aliphatic carbocycles. The molecule has 1 aliphatic heterocycles. The van der Waals surface area contributed by atoms with Crippen molar-refractivity contribution < 1.29 is 17.6 Å². The Kier molecular flexibility index (Phi) is 4.55. The molecular weight excluding hydrogens is 424 g/mol. The van der Waals surface area contributed by atoms with Crippen LogP contribution in [-0.2, 0) is 6.42 Å². The van der Waals surface area contributed by atoms with Crippen LogP contribution in [0.3, 0.4) is 0 Å². The summed E-state index contributed by atoms with van der Waals surface area (Å²) in [7, 11) is 0. The standard InChI is InChI=1S/C20H17BrF4N2/c1-11-8-14-13-4-2-3-5-17(13)26-18(14)19(27(11)10-20(23,24)25)15-9-12(21)6-7-16(15)22/h2-7,9,11,19,26H,8,10H2,1H3. The van der Waals surface area contributed by atoms with Crippen LogP contribution >= 0.6 is 15.9 Å². The van der Waals surface area contributed by atoms with E-state index in [1.165, 1.54) is 11.0 Å². The Hall–Kier alpha value is -1.86. The minimum Gasteiger partial charge on any atom is -0.357 e. The van der Waals surface area contributed by atoms with Crippen molar-refractivity contribution in [2.75, 3.05) is 6.54 Å². The van der Waals surface area contributed by atoms with E-state index in [1.807, 2.05) is 24.3 Å². The third kappa shape index (κ3) is 3.38. The van der Waals surface area contributed by atoms with Crippen molar-refractivity contribution in [1.29, 1.82) is 0 Å². The Labute approximate surface area is 162 Å². The number of nitrogens with one attached hydrogen (secondary N) is 1. The summed E-state index contributed by atoms with van der Waals surface area (Å²) in [6.07, 6.45) is -3.90. The maximum atomic E-state index is 14.7. The largest absolute Gasteiger partial charge is 0.401 e. The van der Waals surface area contributed by atoms with Gasteiger partial charge in [-0.2, -0.15) is 13.2 Å². The minimum atomic E-state index is -4.38. The lowest BCUT2D eigenvalue weighted by molar-refractivity contribution is -0.155. The first kappa shape index (κ1) is 18.5. The number of fused-ring (bicyclic) bond motifs is 3. The molecule has 27 heavy (non-hydrogen) atoms. The van der Waals surface area contributed by atoms with E-state index >= 15 is 0 Å². The number of rotatable bonds is 2. The van der Waals surface area contributed by atoms with E-state index in [-0.39, 0.29) is 11.6 Å². The molecule has 1 aromatic heterocycles. The summed E-state index contributed by atoms with van der Waals surface area (Å²) in [6.45, 7) is 0.666. The first-order chi connectivity index (χ1) is 12.7. The zero-order valence-corrected chi connectivity index (χ0v) is 16.0. The number of benzene rings is 2. The van der Waals surface area contributed by atoms with Gasteiger partial charge in [0, 0.05) is 32.7 Å². The van der Waals surface area contributed by atoms with Crippen LogP contribution in [0.15, 0.2) is 46.9 Å². The number of hydrogen-bond donors (Lipinski definition) is 1. The smallest absolute Gasteiger partial charge is 0.357 e. The van der Waals surface area contributed by atoms with Crippen molar-refractivity contribution in [2.24, 2.45) is 0 Å². The normalized spacial score (nSPS) is 20.8. The third-order valence-electron chi connectivity index (χ3n) is 5.13. The van der Waals surface area contributed by atoms with Crippen molar-refractivity contribution in [1.82, 2.24) is 9.88 Å². The second-order valence-corrected chi connectivity index (χ2v) is 7.89. The monoisotopic (exact) mass is 440 g/mol. The van der Waals surface area contributed by atoms with Crippen LogP contribution < -0.4 is 0 Å². The number of nitrogens with zero attached hydrogens (tertiary/aromatic N) is 1. The molecule has 1 N–H and O–H groups in total. The van der Waals surface area contributed by atoms with Crippen LogP contribution in [0.25, 0.3) is 10.9 Å². The van der Waals surface area contributed by atoms with E-state index in [9.17, 15) is 17.6 Å². The molecule has 2 atom stereocenters. The van der Waals surface area contributed by atoms with Crippen molar-refractivity contribution in [2.45, 2.75) is 31.6 Å². The molecule has 1 aliphatic rings. The highest BCUT2D eigenvalue weighted by Crippen LogP contribution is 2.43. The van der Waals surface area contributed by atoms with Gasteiger partial charge in [-0.05, 0) is 43.2 Å². The lowest BCUT2D eigenvalue weighted by Gasteiger charge is -2.41. The molecule has 2 nitrogen and oxygen atoms in total. The Morgan fingerprint density at radius 2 is 1.93 bits per heavy atom. The van der Waals surface area contributed by atoms with E-state index in [4.69, 9.17) is 0 Å². The van der Waals surface area contributed by atoms with Gasteiger partial charge in [-0.15, -0.1) is 0 Å². The molecule has 0 saturated carbocycles. The molecule has 2 aromatic carbocycles. The van der Waals surface area contributed by atoms with Gasteiger partial charge < -0.3 is 4.98 Å². The maximum Gasteiger partial charge on any atom is 0.401 e. The zero-order valence-electron chi connectivity index (χ0n) is 14.4. The molecule has 0 spiro atoms. The number of aromatic nitrogens is 1. The van der Waals surface area contributed by atoms with Crippen molar-refractivity contribution in [3.8, 4) is 0 Å². The topological polar surface area (TPSA) is 19.0 Å². The summed E-state index contributed by atoms with van der Waals surface area (Å²) in [5, 5.41) is 0.978. The summed E-state index contributed by atoms with van der Waals surface area (Å²) in [5.74, 6) is -0.519. The number of para-hydroxylation sites is 1. The van der Waals surface area contributed by atoms with Gasteiger partial charge >= 0.3 is 6.18 Å². The molecule has 0 bridgehead atoms. The molecule has 7 heteroatoms. The highest BCUT2D eigenvalue weighted by molar-refractivity contribution is 9.10. The van der Waals surface area contributed by atoms with Gasteiger partial charge in [-0.25, -0.2) is 4.39 Å². The van der Waals surface area contributed by atoms with E-state index in [0.29, 0.717) is 16.6 Å². The molecular formula is C20H17BrF4N2. The second kappa shape index (κ2) is 6.63. The van der Waals surface area contributed by atoms with Gasteiger partial charge in [-0.1, -0.05) is 34.1 Å². The average molecular weight is 441 g/mol. The Morgan fingerprint density at radius 1 is 1.19 bits per heavy atom. The van der Waals surface area contributed by atoms with Gasteiger partial charge in [0.25, 0.3) is 0 Å². The number of hydrogen-bond acceptors (Lipinski definition) is 1. The summed E-state index contributed by atoms with van der Waals surface area (Å²) in [5.41, 5.74) is 2.67. The van der Waals surface area contributed by atoms with Crippen molar-refractivity contribution >= 4 is 26.8 Å². The van der Waals surface area contributed by atoms with Gasteiger partial charge in [0.15, 0.2) is 0 Å². The second-order valence-electron chi connectivity index (χ2n) is 6.97. The van der Waals surface area contributed by atoms with Crippen LogP contribution in [0, 0.1) is 5.82 Å². The van der Waals surface area contributed by atoms with Gasteiger partial charge in [0.2, 0.25) is 0 Å². The fraction of sp³-hybridized carbons (Fsp3) is 0.300. The lowest BCUT2D eigenvalue weighted by Crippen LogP contribution is -2.47. The fourth-order valence-corrected chi connectivity index (χ4v) is 4.40. The van der Waals surface area contributed by atoms with Crippen LogP contribution in [0.1, 0.15) is 29.8 Å². The van der Waals surface area contributed by atoms with Crippen molar-refractivity contribution in [3.63, 3.8) is 0 Å². The van der Waals surface area contributed by atoms with E-state index in [1.54, 1.807) is 19.1 Å². The first-order valence-electron chi connectivity index (χ1n) is 8.61. The number of aromatic amines is 1. The molecule has 0 saturated heterocycles. The van der Waals surface area contributed by atoms with E-state index < -0.39 is 24.6 Å². The zero-order chi connectivity index (χ0) is 19.3. The predicted molar refractivity (Wildman–Crippen MR) is 100 cm³/mol. The molecule has 3 aromatic rings. The van der Waals surface area contributed by atoms with Crippen LogP contribution in [0.5, 0.6) is 0 Å². The summed E-state index contributed by atoms with van der Waals surface area (Å²) in [4.78, 5) is 4.59. The molecule has 0 fully saturated rings. The third-order valence-corrected chi connectivity index (χ3v) is 5.63. The SMILES string of the molecule is CC1Cc2c([nH]c3ccccc23)C(c2cc(Br)ccc2F)N1CC(F)(F)F. The summed E-state index contributed by atoms with van der Waals surface area (Å²) in [6, 6.07) is 10.8. The van der Waals surface area contributed by atoms with Crippen LogP contribution in [0.4, 0.5) is 17.6 Å². The lowest BCUT2D eigenvalue weighted by atomic mass is 9.88. The van der Waals surface area contributed by atoms with Crippen LogP contribution in [-0.4, -0.2) is 28.6 Å². The van der Waals surface area contributed by atoms with Gasteiger partial charge in [-0.3, -0.25) is 4.90 Å². The number of H-pyrrole nitrogens is 1. The molecule has 4 rings (SSSR count).